The van der Waals surface area contributed by atoms with Crippen molar-refractivity contribution in [3.63, 3.8) is 0 Å². The van der Waals surface area contributed by atoms with Crippen LogP contribution in [0.15, 0.2) is 40.1 Å². The average molecular weight is 362 g/mol. The molecule has 2 heterocycles. The Morgan fingerprint density at radius 3 is 2.23 bits per heavy atom. The molecule has 26 heavy (non-hydrogen) atoms. The molecule has 5 nitrogen and oxygen atoms in total. The van der Waals surface area contributed by atoms with Crippen LogP contribution in [0.5, 0.6) is 0 Å². The second-order valence-corrected chi connectivity index (χ2v) is 7.41. The van der Waals surface area contributed by atoms with Crippen LogP contribution >= 0.6 is 0 Å². The lowest BCUT2D eigenvalue weighted by molar-refractivity contribution is 0.00578. The molecule has 0 spiro atoms. The number of nitrogens with zero attached hydrogens (tertiary/aromatic N) is 2. The predicted octanol–water partition coefficient (Wildman–Crippen LogP) is 4.29. The minimum atomic E-state index is -1.06. The molecule has 0 bridgehead atoms. The van der Waals surface area contributed by atoms with E-state index in [2.05, 4.69) is 10.1 Å². The van der Waals surface area contributed by atoms with E-state index in [4.69, 9.17) is 13.8 Å². The summed E-state index contributed by atoms with van der Waals surface area (Å²) in [4.78, 5) is 4.23. The number of allylic oxidation sites excluding steroid dienone is 1. The lowest BCUT2D eigenvalue weighted by Crippen LogP contribution is -2.41. The Bertz CT molecular complexity index is 815. The normalized spacial score (nSPS) is 19.6. The fraction of sp³-hybridized carbons (Fsp3) is 0.444. The van der Waals surface area contributed by atoms with E-state index >= 15 is 0 Å². The van der Waals surface area contributed by atoms with Gasteiger partial charge in [0, 0.05) is 12.0 Å². The van der Waals surface area contributed by atoms with Crippen molar-refractivity contribution in [3.05, 3.63) is 47.3 Å². The van der Waals surface area contributed by atoms with Crippen molar-refractivity contribution >= 4 is 7.12 Å². The predicted molar refractivity (Wildman–Crippen MR) is 93.3 cm³/mol. The van der Waals surface area contributed by atoms with Crippen LogP contribution in [0, 0.1) is 5.82 Å². The third-order valence-electron chi connectivity index (χ3n) is 4.85. The highest BCUT2D eigenvalue weighted by Crippen LogP contribution is 2.39. The molecule has 138 valence electrons. The number of halogens is 2. The van der Waals surface area contributed by atoms with Crippen molar-refractivity contribution in [3.8, 4) is 11.4 Å². The molecule has 0 atom stereocenters. The molecule has 1 fully saturated rings. The third-order valence-corrected chi connectivity index (χ3v) is 4.85. The van der Waals surface area contributed by atoms with E-state index in [1.54, 1.807) is 19.1 Å². The van der Waals surface area contributed by atoms with Crippen LogP contribution in [0.4, 0.5) is 8.78 Å². The third kappa shape index (κ3) is 3.57. The van der Waals surface area contributed by atoms with Gasteiger partial charge in [0.05, 0.1) is 11.2 Å². The molecular weight excluding hydrogens is 341 g/mol. The van der Waals surface area contributed by atoms with Crippen molar-refractivity contribution in [1.29, 1.82) is 0 Å². The lowest BCUT2D eigenvalue weighted by Gasteiger charge is -2.32. The van der Waals surface area contributed by atoms with Gasteiger partial charge in [0.15, 0.2) is 0 Å². The fourth-order valence-corrected chi connectivity index (χ4v) is 2.50. The van der Waals surface area contributed by atoms with Gasteiger partial charge in [-0.05, 0) is 64.5 Å². The molecule has 8 heteroatoms. The molecule has 0 unspecified atom stereocenters. The summed E-state index contributed by atoms with van der Waals surface area (Å²) in [5, 5.41) is 3.86. The second-order valence-electron chi connectivity index (χ2n) is 7.41. The molecule has 2 aromatic rings. The van der Waals surface area contributed by atoms with Gasteiger partial charge in [0.2, 0.25) is 11.7 Å². The van der Waals surface area contributed by atoms with Gasteiger partial charge in [-0.25, -0.2) is 8.78 Å². The quantitative estimate of drug-likeness (QED) is 0.760. The number of aromatic nitrogens is 2. The zero-order chi connectivity index (χ0) is 19.1. The highest BCUT2D eigenvalue weighted by atomic mass is 19.1. The Kier molecular flexibility index (Phi) is 4.75. The van der Waals surface area contributed by atoms with Crippen LogP contribution in [0.1, 0.15) is 40.5 Å². The number of hydrogen-bond donors (Lipinski definition) is 0. The van der Waals surface area contributed by atoms with Gasteiger partial charge in [0.1, 0.15) is 11.5 Å². The number of benzene rings is 1. The van der Waals surface area contributed by atoms with E-state index in [-0.39, 0.29) is 18.1 Å². The summed E-state index contributed by atoms with van der Waals surface area (Å²) < 4.78 is 44.3. The minimum absolute atomic E-state index is 0.129. The summed E-state index contributed by atoms with van der Waals surface area (Å²) in [6, 6.07) is 5.73. The maximum absolute atomic E-state index is 14.7. The fourth-order valence-electron chi connectivity index (χ4n) is 2.50. The van der Waals surface area contributed by atoms with Crippen LogP contribution in [0.2, 0.25) is 0 Å². The van der Waals surface area contributed by atoms with Gasteiger partial charge < -0.3 is 13.8 Å². The smallest absolute Gasteiger partial charge is 0.398 e. The molecule has 0 N–H and O–H groups in total. The largest absolute Gasteiger partial charge is 0.525 e. The Morgan fingerprint density at radius 2 is 1.65 bits per heavy atom. The number of hydrogen-bond acceptors (Lipinski definition) is 5. The van der Waals surface area contributed by atoms with E-state index in [0.717, 1.165) is 0 Å². The number of rotatable bonds is 4. The molecule has 1 aliphatic rings. The standard InChI is InChI=1S/C18H21BF2N2O3/c1-11(15(21)19-25-17(2,3)18(4,5)26-19)10-14-22-16(23-24-14)12-6-8-13(20)9-7-12/h6-9H,10H2,1-5H3. The van der Waals surface area contributed by atoms with E-state index in [0.29, 0.717) is 17.0 Å². The first-order valence-electron chi connectivity index (χ1n) is 8.38. The van der Waals surface area contributed by atoms with E-state index in [1.807, 2.05) is 27.7 Å². The summed E-state index contributed by atoms with van der Waals surface area (Å²) in [5.74, 6) is 0.234. The van der Waals surface area contributed by atoms with Crippen molar-refractivity contribution in [2.24, 2.45) is 0 Å². The van der Waals surface area contributed by atoms with Crippen LogP contribution in [-0.2, 0) is 15.7 Å². The molecule has 3 rings (SSSR count). The molecular formula is C18H21BF2N2O3. The molecule has 1 saturated heterocycles. The summed E-state index contributed by atoms with van der Waals surface area (Å²) in [6.45, 7) is 9.08. The highest BCUT2D eigenvalue weighted by molar-refractivity contribution is 6.53. The van der Waals surface area contributed by atoms with E-state index in [9.17, 15) is 8.78 Å². The molecule has 1 aromatic heterocycles. The van der Waals surface area contributed by atoms with Crippen molar-refractivity contribution in [1.82, 2.24) is 10.1 Å². The SMILES string of the molecule is CC(Cc1nc(-c2ccc(F)cc2)no1)=C(F)B1OC(C)(C)C(C)(C)O1. The zero-order valence-electron chi connectivity index (χ0n) is 15.5. The minimum Gasteiger partial charge on any atom is -0.398 e. The van der Waals surface area contributed by atoms with Gasteiger partial charge in [-0.3, -0.25) is 0 Å². The summed E-state index contributed by atoms with van der Waals surface area (Å²) in [6.07, 6.45) is 0.129. The molecule has 1 aromatic carbocycles. The zero-order valence-corrected chi connectivity index (χ0v) is 15.5. The average Bonchev–Trinajstić information content (AvgIpc) is 3.09. The Balaban J connectivity index is 1.74. The Hall–Kier alpha value is -2.06. The van der Waals surface area contributed by atoms with Gasteiger partial charge in [0.25, 0.3) is 0 Å². The monoisotopic (exact) mass is 362 g/mol. The Morgan fingerprint density at radius 1 is 1.08 bits per heavy atom. The first kappa shape index (κ1) is 18.7. The van der Waals surface area contributed by atoms with Gasteiger partial charge in [-0.15, -0.1) is 0 Å². The molecule has 1 aliphatic heterocycles. The van der Waals surface area contributed by atoms with Crippen LogP contribution in [0.3, 0.4) is 0 Å². The highest BCUT2D eigenvalue weighted by Gasteiger charge is 2.53. The van der Waals surface area contributed by atoms with E-state index in [1.165, 1.54) is 12.1 Å². The molecule has 0 radical (unpaired) electrons. The molecule has 0 aliphatic carbocycles. The summed E-state index contributed by atoms with van der Waals surface area (Å²) in [7, 11) is -1.06. The van der Waals surface area contributed by atoms with Gasteiger partial charge in [-0.1, -0.05) is 5.16 Å². The van der Waals surface area contributed by atoms with Crippen molar-refractivity contribution < 1.29 is 22.6 Å². The van der Waals surface area contributed by atoms with Crippen molar-refractivity contribution in [2.75, 3.05) is 0 Å². The first-order chi connectivity index (χ1) is 12.1. The van der Waals surface area contributed by atoms with Crippen molar-refractivity contribution in [2.45, 2.75) is 52.2 Å². The van der Waals surface area contributed by atoms with Crippen LogP contribution in [0.25, 0.3) is 11.4 Å². The summed E-state index contributed by atoms with van der Waals surface area (Å²) in [5.41, 5.74) is -0.720. The summed E-state index contributed by atoms with van der Waals surface area (Å²) >= 11 is 0. The van der Waals surface area contributed by atoms with Gasteiger partial charge >= 0.3 is 7.12 Å². The molecule has 0 saturated carbocycles. The topological polar surface area (TPSA) is 57.4 Å². The maximum Gasteiger partial charge on any atom is 0.525 e. The van der Waals surface area contributed by atoms with Gasteiger partial charge in [-0.2, -0.15) is 4.98 Å². The lowest BCUT2D eigenvalue weighted by atomic mass is 9.84. The second kappa shape index (κ2) is 6.59. The van der Waals surface area contributed by atoms with Crippen LogP contribution < -0.4 is 0 Å². The maximum atomic E-state index is 14.7. The van der Waals surface area contributed by atoms with E-state index < -0.39 is 24.0 Å². The van der Waals surface area contributed by atoms with Crippen LogP contribution in [-0.4, -0.2) is 28.5 Å². The Labute approximate surface area is 151 Å². The molecule has 0 amide bonds. The first-order valence-corrected chi connectivity index (χ1v) is 8.38.